The maximum absolute atomic E-state index is 12.9. The van der Waals surface area contributed by atoms with Crippen LogP contribution in [-0.2, 0) is 14.3 Å². The Bertz CT molecular complexity index is 872. The van der Waals surface area contributed by atoms with Crippen molar-refractivity contribution in [3.63, 3.8) is 0 Å². The van der Waals surface area contributed by atoms with Crippen molar-refractivity contribution in [2.24, 2.45) is 0 Å². The lowest BCUT2D eigenvalue weighted by Crippen LogP contribution is -2.60. The van der Waals surface area contributed by atoms with Crippen LogP contribution in [-0.4, -0.2) is 110 Å². The predicted octanol–water partition coefficient (Wildman–Crippen LogP) is 4.71. The van der Waals surface area contributed by atoms with E-state index >= 15 is 0 Å². The van der Waals surface area contributed by atoms with Gasteiger partial charge in [0, 0.05) is 0 Å². The molecule has 0 saturated carbocycles. The summed E-state index contributed by atoms with van der Waals surface area (Å²) in [6.07, 6.45) is 18.3. The van der Waals surface area contributed by atoms with Crippen molar-refractivity contribution >= 4 is 5.91 Å². The molecule has 0 radical (unpaired) electrons. The largest absolute Gasteiger partial charge is 0.394 e. The molecule has 1 aliphatic rings. The summed E-state index contributed by atoms with van der Waals surface area (Å²) >= 11 is 0. The van der Waals surface area contributed by atoms with Crippen LogP contribution >= 0.6 is 0 Å². The topological polar surface area (TPSA) is 189 Å². The summed E-state index contributed by atoms with van der Waals surface area (Å²) in [5.41, 5.74) is 0. The summed E-state index contributed by atoms with van der Waals surface area (Å²) in [6.45, 7) is 3.31. The van der Waals surface area contributed by atoms with Gasteiger partial charge in [0.1, 0.15) is 36.6 Å². The van der Waals surface area contributed by atoms with Crippen molar-refractivity contribution in [3.8, 4) is 0 Å². The van der Waals surface area contributed by atoms with Crippen LogP contribution < -0.4 is 5.32 Å². The Morgan fingerprint density at radius 1 is 0.680 bits per heavy atom. The van der Waals surface area contributed by atoms with Gasteiger partial charge in [-0.2, -0.15) is 0 Å². The van der Waals surface area contributed by atoms with Crippen LogP contribution in [0.2, 0.25) is 0 Å². The number of rotatable bonds is 31. The van der Waals surface area contributed by atoms with Gasteiger partial charge in [-0.25, -0.2) is 0 Å². The third-order valence-corrected chi connectivity index (χ3v) is 9.48. The minimum absolute atomic E-state index is 0.232. The van der Waals surface area contributed by atoms with E-state index in [-0.39, 0.29) is 12.8 Å². The lowest BCUT2D eigenvalue weighted by molar-refractivity contribution is -0.303. The highest BCUT2D eigenvalue weighted by Gasteiger charge is 2.44. The standard InChI is InChI=1S/C39H73NO10/c1-3-5-7-9-11-13-14-15-16-17-19-20-22-24-26-31(42)34(44)30(29-49-39-37(47)36(46)35(45)33(28-41)50-39)40-38(48)32(43)27-25-23-21-18-12-10-8-6-4-2/h10,12,19-20,30-37,39,41-47H,3-9,11,13-18,21-29H2,1-2H3,(H,40,48)/b12-10-,20-19+. The number of hydrogen-bond donors (Lipinski definition) is 8. The van der Waals surface area contributed by atoms with E-state index in [9.17, 15) is 40.5 Å². The molecule has 1 amide bonds. The number of aliphatic hydroxyl groups is 7. The molecule has 294 valence electrons. The number of hydrogen-bond acceptors (Lipinski definition) is 10. The van der Waals surface area contributed by atoms with E-state index in [0.717, 1.165) is 51.4 Å². The smallest absolute Gasteiger partial charge is 0.249 e. The first-order valence-electron chi connectivity index (χ1n) is 19.7. The van der Waals surface area contributed by atoms with Gasteiger partial charge in [0.15, 0.2) is 6.29 Å². The van der Waals surface area contributed by atoms with E-state index in [1.54, 1.807) is 0 Å². The molecule has 1 saturated heterocycles. The third-order valence-electron chi connectivity index (χ3n) is 9.48. The molecule has 9 atom stereocenters. The second-order valence-electron chi connectivity index (χ2n) is 14.0. The molecule has 9 unspecified atom stereocenters. The number of allylic oxidation sites excluding steroid dienone is 4. The minimum atomic E-state index is -1.67. The average molecular weight is 716 g/mol. The molecule has 0 bridgehead atoms. The number of nitrogens with one attached hydrogen (secondary N) is 1. The van der Waals surface area contributed by atoms with E-state index in [0.29, 0.717) is 12.8 Å². The van der Waals surface area contributed by atoms with Gasteiger partial charge in [-0.1, -0.05) is 115 Å². The Labute approximate surface area is 302 Å². The Kier molecular flexibility index (Phi) is 28.1. The fraction of sp³-hybridized carbons (Fsp3) is 0.872. The van der Waals surface area contributed by atoms with Gasteiger partial charge in [0.25, 0.3) is 0 Å². The minimum Gasteiger partial charge on any atom is -0.394 e. The molecule has 0 aromatic carbocycles. The van der Waals surface area contributed by atoms with Crippen molar-refractivity contribution < 1.29 is 50.0 Å². The number of carbonyl (C=O) groups excluding carboxylic acids is 1. The Morgan fingerprint density at radius 3 is 1.78 bits per heavy atom. The molecular weight excluding hydrogens is 642 g/mol. The van der Waals surface area contributed by atoms with Crippen LogP contribution in [0.15, 0.2) is 24.3 Å². The highest BCUT2D eigenvalue weighted by atomic mass is 16.7. The van der Waals surface area contributed by atoms with Gasteiger partial charge in [-0.05, 0) is 57.8 Å². The number of carbonyl (C=O) groups is 1. The summed E-state index contributed by atoms with van der Waals surface area (Å²) in [4.78, 5) is 12.9. The molecule has 1 heterocycles. The van der Waals surface area contributed by atoms with Crippen molar-refractivity contribution in [2.45, 2.75) is 204 Å². The Hall–Kier alpha value is -1.41. The van der Waals surface area contributed by atoms with Crippen molar-refractivity contribution in [2.75, 3.05) is 13.2 Å². The maximum atomic E-state index is 12.9. The quantitative estimate of drug-likeness (QED) is 0.0369. The molecule has 8 N–H and O–H groups in total. The molecule has 0 aromatic heterocycles. The number of unbranched alkanes of at least 4 members (excludes halogenated alkanes) is 15. The average Bonchev–Trinajstić information content (AvgIpc) is 3.11. The van der Waals surface area contributed by atoms with Crippen LogP contribution in [0.1, 0.15) is 149 Å². The second-order valence-corrected chi connectivity index (χ2v) is 14.0. The molecule has 11 heteroatoms. The molecule has 11 nitrogen and oxygen atoms in total. The van der Waals surface area contributed by atoms with Gasteiger partial charge in [0.05, 0.1) is 25.4 Å². The molecule has 0 spiro atoms. The van der Waals surface area contributed by atoms with Gasteiger partial charge < -0.3 is 50.5 Å². The highest BCUT2D eigenvalue weighted by molar-refractivity contribution is 5.80. The van der Waals surface area contributed by atoms with Gasteiger partial charge >= 0.3 is 0 Å². The summed E-state index contributed by atoms with van der Waals surface area (Å²) in [7, 11) is 0. The Balaban J connectivity index is 2.59. The summed E-state index contributed by atoms with van der Waals surface area (Å²) in [6, 6.07) is -1.19. The molecule has 0 aliphatic carbocycles. The normalized spacial score (nSPS) is 23.7. The third kappa shape index (κ3) is 20.6. The summed E-state index contributed by atoms with van der Waals surface area (Å²) in [5, 5.41) is 75.1. The van der Waals surface area contributed by atoms with E-state index in [1.165, 1.54) is 57.8 Å². The first-order valence-corrected chi connectivity index (χ1v) is 19.7. The zero-order valence-corrected chi connectivity index (χ0v) is 31.1. The number of ether oxygens (including phenoxy) is 2. The van der Waals surface area contributed by atoms with E-state index in [4.69, 9.17) is 9.47 Å². The number of aliphatic hydroxyl groups excluding tert-OH is 7. The van der Waals surface area contributed by atoms with E-state index < -0.39 is 74.2 Å². The first kappa shape index (κ1) is 46.6. The van der Waals surface area contributed by atoms with E-state index in [2.05, 4.69) is 43.5 Å². The molecule has 50 heavy (non-hydrogen) atoms. The summed E-state index contributed by atoms with van der Waals surface area (Å²) < 4.78 is 11.0. The first-order chi connectivity index (χ1) is 24.2. The number of amides is 1. The van der Waals surface area contributed by atoms with Gasteiger partial charge in [-0.15, -0.1) is 0 Å². The van der Waals surface area contributed by atoms with E-state index in [1.807, 2.05) is 0 Å². The maximum Gasteiger partial charge on any atom is 0.249 e. The van der Waals surface area contributed by atoms with Crippen molar-refractivity contribution in [1.29, 1.82) is 0 Å². The molecule has 1 aliphatic heterocycles. The van der Waals surface area contributed by atoms with Crippen molar-refractivity contribution in [3.05, 3.63) is 24.3 Å². The van der Waals surface area contributed by atoms with Crippen LogP contribution in [0.3, 0.4) is 0 Å². The van der Waals surface area contributed by atoms with Crippen LogP contribution in [0.25, 0.3) is 0 Å². The molecule has 0 aromatic rings. The predicted molar refractivity (Wildman–Crippen MR) is 196 cm³/mol. The SMILES string of the molecule is CCCC/C=C\CCCCCC(O)C(=O)NC(COC1OC(CO)C(O)C(O)C1O)C(O)C(O)CCC/C=C/CCCCCCCCCCC. The lowest BCUT2D eigenvalue weighted by atomic mass is 9.98. The van der Waals surface area contributed by atoms with Crippen LogP contribution in [0, 0.1) is 0 Å². The zero-order valence-electron chi connectivity index (χ0n) is 31.1. The fourth-order valence-corrected chi connectivity index (χ4v) is 6.07. The lowest BCUT2D eigenvalue weighted by Gasteiger charge is -2.40. The molecular formula is C39H73NO10. The van der Waals surface area contributed by atoms with Crippen LogP contribution in [0.5, 0.6) is 0 Å². The van der Waals surface area contributed by atoms with Crippen LogP contribution in [0.4, 0.5) is 0 Å². The molecule has 1 rings (SSSR count). The molecule has 1 fully saturated rings. The van der Waals surface area contributed by atoms with Gasteiger partial charge in [0.2, 0.25) is 5.91 Å². The fourth-order valence-electron chi connectivity index (χ4n) is 6.07. The zero-order chi connectivity index (χ0) is 37.0. The van der Waals surface area contributed by atoms with Crippen molar-refractivity contribution in [1.82, 2.24) is 5.32 Å². The second kappa shape index (κ2) is 30.1. The summed E-state index contributed by atoms with van der Waals surface area (Å²) in [5.74, 6) is -0.724. The highest BCUT2D eigenvalue weighted by Crippen LogP contribution is 2.23. The Morgan fingerprint density at radius 2 is 1.20 bits per heavy atom. The van der Waals surface area contributed by atoms with Gasteiger partial charge in [-0.3, -0.25) is 4.79 Å². The monoisotopic (exact) mass is 716 g/mol.